The van der Waals surface area contributed by atoms with E-state index in [2.05, 4.69) is 4.98 Å². The lowest BCUT2D eigenvalue weighted by Crippen LogP contribution is -2.07. The van der Waals surface area contributed by atoms with Gasteiger partial charge in [-0.25, -0.2) is 4.79 Å². The second-order valence-electron chi connectivity index (χ2n) is 3.76. The molecule has 0 fully saturated rings. The van der Waals surface area contributed by atoms with E-state index in [-0.39, 0.29) is 0 Å². The Labute approximate surface area is 83.8 Å². The maximum Gasteiger partial charge on any atom is 0.337 e. The first kappa shape index (κ1) is 10.7. The van der Waals surface area contributed by atoms with Crippen molar-refractivity contribution in [2.24, 2.45) is 0 Å². The smallest absolute Gasteiger partial charge is 0.337 e. The molecule has 3 nitrogen and oxygen atoms in total. The van der Waals surface area contributed by atoms with Crippen molar-refractivity contribution in [1.82, 2.24) is 4.98 Å². The molecule has 0 aliphatic carbocycles. The molecule has 0 saturated heterocycles. The van der Waals surface area contributed by atoms with E-state index < -0.39 is 5.97 Å². The third-order valence-electron chi connectivity index (χ3n) is 2.39. The third-order valence-corrected chi connectivity index (χ3v) is 2.39. The molecule has 0 aromatic carbocycles. The molecule has 14 heavy (non-hydrogen) atoms. The summed E-state index contributed by atoms with van der Waals surface area (Å²) in [5, 5.41) is 8.92. The van der Waals surface area contributed by atoms with Crippen LogP contribution in [0, 0.1) is 13.8 Å². The van der Waals surface area contributed by atoms with Gasteiger partial charge in [0.2, 0.25) is 0 Å². The van der Waals surface area contributed by atoms with E-state index in [1.54, 1.807) is 0 Å². The number of carboxylic acids is 1. The lowest BCUT2D eigenvalue weighted by Gasteiger charge is -2.14. The number of rotatable bonds is 2. The Morgan fingerprint density at radius 1 is 1.43 bits per heavy atom. The monoisotopic (exact) mass is 193 g/mol. The van der Waals surface area contributed by atoms with E-state index in [0.717, 1.165) is 16.8 Å². The van der Waals surface area contributed by atoms with Gasteiger partial charge < -0.3 is 5.11 Å². The van der Waals surface area contributed by atoms with Crippen molar-refractivity contribution in [2.75, 3.05) is 0 Å². The topological polar surface area (TPSA) is 50.2 Å². The van der Waals surface area contributed by atoms with Crippen LogP contribution in [0.4, 0.5) is 0 Å². The number of hydrogen-bond acceptors (Lipinski definition) is 2. The van der Waals surface area contributed by atoms with Gasteiger partial charge in [0, 0.05) is 11.9 Å². The molecule has 1 rings (SSSR count). The highest BCUT2D eigenvalue weighted by Crippen LogP contribution is 2.23. The van der Waals surface area contributed by atoms with Crippen LogP contribution in [-0.4, -0.2) is 16.1 Å². The zero-order chi connectivity index (χ0) is 10.9. The van der Waals surface area contributed by atoms with E-state index in [9.17, 15) is 4.79 Å². The quantitative estimate of drug-likeness (QED) is 0.785. The molecule has 0 bridgehead atoms. The van der Waals surface area contributed by atoms with Crippen LogP contribution in [0.15, 0.2) is 6.20 Å². The summed E-state index contributed by atoms with van der Waals surface area (Å²) in [5.41, 5.74) is 3.10. The van der Waals surface area contributed by atoms with E-state index in [4.69, 9.17) is 5.11 Å². The summed E-state index contributed by atoms with van der Waals surface area (Å²) >= 11 is 0. The number of pyridine rings is 1. The van der Waals surface area contributed by atoms with Crippen molar-refractivity contribution < 1.29 is 9.90 Å². The fraction of sp³-hybridized carbons (Fsp3) is 0.455. The van der Waals surface area contributed by atoms with Crippen molar-refractivity contribution in [1.29, 1.82) is 0 Å². The number of aryl methyl sites for hydroxylation is 1. The first-order chi connectivity index (χ1) is 6.45. The highest BCUT2D eigenvalue weighted by molar-refractivity contribution is 5.89. The molecule has 0 saturated carbocycles. The summed E-state index contributed by atoms with van der Waals surface area (Å²) in [6.45, 7) is 7.84. The van der Waals surface area contributed by atoms with Gasteiger partial charge in [-0.1, -0.05) is 13.8 Å². The van der Waals surface area contributed by atoms with E-state index in [1.165, 1.54) is 6.20 Å². The average molecular weight is 193 g/mol. The molecular formula is C11H15NO2. The average Bonchev–Trinajstić information content (AvgIpc) is 2.02. The molecule has 3 heteroatoms. The molecule has 76 valence electrons. The van der Waals surface area contributed by atoms with Crippen LogP contribution in [0.2, 0.25) is 0 Å². The molecule has 1 aromatic rings. The van der Waals surface area contributed by atoms with E-state index >= 15 is 0 Å². The molecule has 0 aliphatic heterocycles. The zero-order valence-corrected chi connectivity index (χ0v) is 8.96. The second kappa shape index (κ2) is 3.78. The summed E-state index contributed by atoms with van der Waals surface area (Å²) in [5.74, 6) is -0.598. The molecule has 0 amide bonds. The Morgan fingerprint density at radius 2 is 2.00 bits per heavy atom. The van der Waals surface area contributed by atoms with Crippen molar-refractivity contribution in [3.05, 3.63) is 28.6 Å². The number of nitrogens with zero attached hydrogens (tertiary/aromatic N) is 1. The minimum Gasteiger partial charge on any atom is -0.478 e. The number of hydrogen-bond donors (Lipinski definition) is 1. The Morgan fingerprint density at radius 3 is 2.43 bits per heavy atom. The molecule has 0 radical (unpaired) electrons. The van der Waals surface area contributed by atoms with Crippen molar-refractivity contribution >= 4 is 5.97 Å². The summed E-state index contributed by atoms with van der Waals surface area (Å²) in [6.07, 6.45) is 1.43. The summed E-state index contributed by atoms with van der Waals surface area (Å²) in [4.78, 5) is 15.0. The number of aromatic nitrogens is 1. The van der Waals surface area contributed by atoms with Gasteiger partial charge >= 0.3 is 5.97 Å². The molecule has 0 aliphatic rings. The summed E-state index contributed by atoms with van der Waals surface area (Å²) < 4.78 is 0. The van der Waals surface area contributed by atoms with Crippen LogP contribution in [0.5, 0.6) is 0 Å². The van der Waals surface area contributed by atoms with Gasteiger partial charge in [-0.3, -0.25) is 4.98 Å². The van der Waals surface area contributed by atoms with Crippen LogP contribution in [-0.2, 0) is 0 Å². The lowest BCUT2D eigenvalue weighted by atomic mass is 9.94. The second-order valence-corrected chi connectivity index (χ2v) is 3.76. The molecule has 0 unspecified atom stereocenters. The van der Waals surface area contributed by atoms with Gasteiger partial charge in [-0.15, -0.1) is 0 Å². The maximum atomic E-state index is 10.9. The SMILES string of the molecule is Cc1ncc(C(=O)O)c(C)c1C(C)C. The summed E-state index contributed by atoms with van der Waals surface area (Å²) in [6, 6.07) is 0. The van der Waals surface area contributed by atoms with Crippen LogP contribution in [0.1, 0.15) is 46.9 Å². The van der Waals surface area contributed by atoms with Crippen molar-refractivity contribution in [2.45, 2.75) is 33.6 Å². The Hall–Kier alpha value is -1.38. The van der Waals surface area contributed by atoms with Crippen molar-refractivity contribution in [3.63, 3.8) is 0 Å². The van der Waals surface area contributed by atoms with Gasteiger partial charge in [0.25, 0.3) is 0 Å². The number of carbonyl (C=O) groups is 1. The maximum absolute atomic E-state index is 10.9. The Balaban J connectivity index is 3.41. The summed E-state index contributed by atoms with van der Waals surface area (Å²) in [7, 11) is 0. The van der Waals surface area contributed by atoms with Gasteiger partial charge in [-0.2, -0.15) is 0 Å². The minimum atomic E-state index is -0.906. The number of aromatic carboxylic acids is 1. The van der Waals surface area contributed by atoms with E-state index in [1.807, 2.05) is 27.7 Å². The fourth-order valence-corrected chi connectivity index (χ4v) is 1.81. The van der Waals surface area contributed by atoms with Gasteiger partial charge in [0.05, 0.1) is 5.56 Å². The first-order valence-corrected chi connectivity index (χ1v) is 4.64. The predicted octanol–water partition coefficient (Wildman–Crippen LogP) is 2.52. The largest absolute Gasteiger partial charge is 0.478 e. The van der Waals surface area contributed by atoms with Gasteiger partial charge in [0.1, 0.15) is 0 Å². The minimum absolute atomic E-state index is 0.305. The molecule has 1 N–H and O–H groups in total. The van der Waals surface area contributed by atoms with Gasteiger partial charge in [-0.05, 0) is 30.9 Å². The van der Waals surface area contributed by atoms with Crippen LogP contribution in [0.3, 0.4) is 0 Å². The van der Waals surface area contributed by atoms with Gasteiger partial charge in [0.15, 0.2) is 0 Å². The first-order valence-electron chi connectivity index (χ1n) is 4.64. The number of carboxylic acid groups (broad SMARTS) is 1. The van der Waals surface area contributed by atoms with Crippen LogP contribution in [0.25, 0.3) is 0 Å². The Kier molecular flexibility index (Phi) is 2.89. The molecule has 1 aromatic heterocycles. The normalized spacial score (nSPS) is 10.6. The lowest BCUT2D eigenvalue weighted by molar-refractivity contribution is 0.0695. The standard InChI is InChI=1S/C11H15NO2/c1-6(2)10-7(3)9(11(13)14)5-12-8(10)4/h5-6H,1-4H3,(H,13,14). The van der Waals surface area contributed by atoms with E-state index in [0.29, 0.717) is 11.5 Å². The molecule has 0 atom stereocenters. The fourth-order valence-electron chi connectivity index (χ4n) is 1.81. The predicted molar refractivity (Wildman–Crippen MR) is 54.8 cm³/mol. The van der Waals surface area contributed by atoms with Crippen molar-refractivity contribution in [3.8, 4) is 0 Å². The van der Waals surface area contributed by atoms with Crippen LogP contribution < -0.4 is 0 Å². The molecular weight excluding hydrogens is 178 g/mol. The Bertz CT molecular complexity index is 370. The highest BCUT2D eigenvalue weighted by atomic mass is 16.4. The molecule has 1 heterocycles. The third kappa shape index (κ3) is 1.76. The molecule has 0 spiro atoms. The highest BCUT2D eigenvalue weighted by Gasteiger charge is 2.15. The zero-order valence-electron chi connectivity index (χ0n) is 8.96. The van der Waals surface area contributed by atoms with Crippen LogP contribution >= 0.6 is 0 Å².